The van der Waals surface area contributed by atoms with Gasteiger partial charge in [0.05, 0.1) is 6.10 Å². The molecule has 2 heterocycles. The smallest absolute Gasteiger partial charge is 0.410 e. The fourth-order valence-corrected chi connectivity index (χ4v) is 6.64. The molecule has 0 aromatic heterocycles. The molecule has 1 aliphatic carbocycles. The van der Waals surface area contributed by atoms with E-state index in [2.05, 4.69) is 29.6 Å². The summed E-state index contributed by atoms with van der Waals surface area (Å²) in [4.78, 5) is 55.7. The Morgan fingerprint density at radius 3 is 2.18 bits per heavy atom. The number of nitrogens with one attached hydrogen (secondary N) is 1. The predicted molar refractivity (Wildman–Crippen MR) is 165 cm³/mol. The lowest BCUT2D eigenvalue weighted by molar-refractivity contribution is -0.146. The van der Waals surface area contributed by atoms with E-state index in [0.29, 0.717) is 19.4 Å². The molecular weight excluding hydrogens is 574 g/mol. The minimum atomic E-state index is -0.839. The third kappa shape index (κ3) is 6.42. The normalized spacial score (nSPS) is 20.4. The number of esters is 1. The first kappa shape index (κ1) is 30.3. The molecule has 3 aromatic carbocycles. The summed E-state index contributed by atoms with van der Waals surface area (Å²) in [5, 5.41) is 2.61. The summed E-state index contributed by atoms with van der Waals surface area (Å²) in [6.07, 6.45) is 0.505. The number of carbonyl (C=O) groups excluding carboxylic acids is 4. The molecule has 3 atom stereocenters. The molecule has 3 amide bonds. The Kier molecular flexibility index (Phi) is 9.11. The van der Waals surface area contributed by atoms with Crippen molar-refractivity contribution in [2.24, 2.45) is 0 Å². The lowest BCUT2D eigenvalue weighted by atomic mass is 9.98. The Hall–Kier alpha value is -4.70. The molecule has 6 rings (SSSR count). The van der Waals surface area contributed by atoms with Crippen molar-refractivity contribution in [2.45, 2.75) is 50.0 Å². The highest BCUT2D eigenvalue weighted by Crippen LogP contribution is 2.44. The van der Waals surface area contributed by atoms with Crippen LogP contribution in [0, 0.1) is 0 Å². The topological polar surface area (TPSA) is 114 Å². The maximum absolute atomic E-state index is 13.9. The minimum absolute atomic E-state index is 0.0911. The number of likely N-dealkylation sites (tertiary alicyclic amines) is 2. The van der Waals surface area contributed by atoms with Crippen LogP contribution < -0.4 is 5.32 Å². The van der Waals surface area contributed by atoms with Crippen molar-refractivity contribution in [1.29, 1.82) is 0 Å². The summed E-state index contributed by atoms with van der Waals surface area (Å²) in [5.41, 5.74) is 5.34. The highest BCUT2D eigenvalue weighted by Gasteiger charge is 2.45. The predicted octanol–water partition coefficient (Wildman–Crippen LogP) is 3.88. The first-order chi connectivity index (χ1) is 21.9. The zero-order chi connectivity index (χ0) is 31.3. The first-order valence-corrected chi connectivity index (χ1v) is 15.4. The molecule has 234 valence electrons. The van der Waals surface area contributed by atoms with Crippen LogP contribution >= 0.6 is 0 Å². The molecule has 0 bridgehead atoms. The second kappa shape index (κ2) is 13.5. The fraction of sp³-hybridized carbons (Fsp3) is 0.371. The first-order valence-electron chi connectivity index (χ1n) is 15.4. The van der Waals surface area contributed by atoms with Crippen molar-refractivity contribution < 1.29 is 33.4 Å². The number of fused-ring (bicyclic) bond motifs is 3. The van der Waals surface area contributed by atoms with Crippen LogP contribution in [0.15, 0.2) is 78.9 Å². The minimum Gasteiger partial charge on any atom is -0.460 e. The Balaban J connectivity index is 1.07. The maximum atomic E-state index is 13.9. The molecule has 1 N–H and O–H groups in total. The number of methoxy groups -OCH3 is 1. The SMILES string of the molecule is CO[C@@H]1CC(C(=O)NCC(=O)OCc2ccccc2)N(C(=O)C2CCCN2C(=O)OCC2c3ccccc3-c3ccccc32)C1. The number of hydrogen-bond acceptors (Lipinski definition) is 7. The molecule has 45 heavy (non-hydrogen) atoms. The van der Waals surface area contributed by atoms with Crippen molar-refractivity contribution in [1.82, 2.24) is 15.1 Å². The molecule has 3 aliphatic rings. The van der Waals surface area contributed by atoms with E-state index in [-0.39, 0.29) is 50.7 Å². The van der Waals surface area contributed by atoms with E-state index in [1.54, 1.807) is 0 Å². The highest BCUT2D eigenvalue weighted by atomic mass is 16.6. The quantitative estimate of drug-likeness (QED) is 0.366. The van der Waals surface area contributed by atoms with Gasteiger partial charge in [-0.2, -0.15) is 0 Å². The van der Waals surface area contributed by atoms with E-state index < -0.39 is 30.1 Å². The van der Waals surface area contributed by atoms with Gasteiger partial charge in [0, 0.05) is 32.5 Å². The van der Waals surface area contributed by atoms with Crippen LogP contribution in [0.3, 0.4) is 0 Å². The Morgan fingerprint density at radius 2 is 1.49 bits per heavy atom. The Bertz CT molecular complexity index is 1520. The van der Waals surface area contributed by atoms with Crippen LogP contribution in [0.2, 0.25) is 0 Å². The molecule has 0 spiro atoms. The summed E-state index contributed by atoms with van der Waals surface area (Å²) in [6, 6.07) is 23.9. The summed E-state index contributed by atoms with van der Waals surface area (Å²) >= 11 is 0. The van der Waals surface area contributed by atoms with Crippen molar-refractivity contribution in [3.8, 4) is 11.1 Å². The molecule has 10 nitrogen and oxygen atoms in total. The molecule has 10 heteroatoms. The van der Waals surface area contributed by atoms with Gasteiger partial charge in [-0.15, -0.1) is 0 Å². The van der Waals surface area contributed by atoms with Gasteiger partial charge in [0.25, 0.3) is 0 Å². The second-order valence-corrected chi connectivity index (χ2v) is 11.6. The fourth-order valence-electron chi connectivity index (χ4n) is 6.64. The molecule has 0 saturated carbocycles. The Labute approximate surface area is 262 Å². The lowest BCUT2D eigenvalue weighted by Gasteiger charge is -2.30. The molecule has 0 radical (unpaired) electrons. The second-order valence-electron chi connectivity index (χ2n) is 11.6. The van der Waals surface area contributed by atoms with E-state index in [4.69, 9.17) is 14.2 Å². The van der Waals surface area contributed by atoms with Crippen molar-refractivity contribution in [3.63, 3.8) is 0 Å². The van der Waals surface area contributed by atoms with Crippen LogP contribution in [0.4, 0.5) is 4.79 Å². The van der Waals surface area contributed by atoms with E-state index in [9.17, 15) is 19.2 Å². The van der Waals surface area contributed by atoms with Gasteiger partial charge < -0.3 is 24.4 Å². The highest BCUT2D eigenvalue weighted by molar-refractivity contribution is 5.93. The third-order valence-corrected chi connectivity index (χ3v) is 8.94. The molecule has 2 unspecified atom stereocenters. The van der Waals surface area contributed by atoms with E-state index in [1.807, 2.05) is 54.6 Å². The van der Waals surface area contributed by atoms with Crippen LogP contribution in [0.25, 0.3) is 11.1 Å². The average molecular weight is 612 g/mol. The number of hydrogen-bond donors (Lipinski definition) is 1. The average Bonchev–Trinajstić information content (AvgIpc) is 3.82. The molecular formula is C35H37N3O7. The van der Waals surface area contributed by atoms with Gasteiger partial charge in [-0.05, 0) is 40.7 Å². The van der Waals surface area contributed by atoms with Crippen molar-refractivity contribution >= 4 is 23.9 Å². The molecule has 2 fully saturated rings. The van der Waals surface area contributed by atoms with Crippen molar-refractivity contribution in [3.05, 3.63) is 95.6 Å². The van der Waals surface area contributed by atoms with Gasteiger partial charge in [0.15, 0.2) is 0 Å². The number of nitrogens with zero attached hydrogens (tertiary/aromatic N) is 2. The number of ether oxygens (including phenoxy) is 3. The van der Waals surface area contributed by atoms with Gasteiger partial charge in [0.1, 0.15) is 31.8 Å². The van der Waals surface area contributed by atoms with Gasteiger partial charge in [0.2, 0.25) is 11.8 Å². The number of benzene rings is 3. The summed E-state index contributed by atoms with van der Waals surface area (Å²) in [5.74, 6) is -1.46. The standard InChI is InChI=1S/C35H37N3O7/c1-43-24-18-31(33(40)36-19-32(39)44-21-23-10-3-2-4-11-23)38(20-24)34(41)30-16-9-17-37(30)35(42)45-22-29-27-14-7-5-12-25(27)26-13-6-8-15-28(26)29/h2-8,10-15,24,29-31H,9,16-22H2,1H3,(H,36,40)/t24-,30?,31?/m1/s1. The van der Waals surface area contributed by atoms with Crippen molar-refractivity contribution in [2.75, 3.05) is 33.4 Å². The largest absolute Gasteiger partial charge is 0.460 e. The monoisotopic (exact) mass is 611 g/mol. The van der Waals surface area contributed by atoms with E-state index in [1.165, 1.54) is 16.9 Å². The zero-order valence-corrected chi connectivity index (χ0v) is 25.2. The Morgan fingerprint density at radius 1 is 0.822 bits per heavy atom. The number of carbonyl (C=O) groups is 4. The van der Waals surface area contributed by atoms with E-state index >= 15 is 0 Å². The number of rotatable bonds is 9. The van der Waals surface area contributed by atoms with Crippen LogP contribution in [0.1, 0.15) is 41.9 Å². The van der Waals surface area contributed by atoms with Gasteiger partial charge in [-0.1, -0.05) is 78.9 Å². The van der Waals surface area contributed by atoms with Crippen LogP contribution in [0.5, 0.6) is 0 Å². The van der Waals surface area contributed by atoms with Gasteiger partial charge in [-0.3, -0.25) is 19.3 Å². The molecule has 3 aromatic rings. The zero-order valence-electron chi connectivity index (χ0n) is 25.2. The molecule has 2 saturated heterocycles. The summed E-state index contributed by atoms with van der Waals surface area (Å²) in [7, 11) is 1.53. The van der Waals surface area contributed by atoms with Crippen LogP contribution in [-0.4, -0.2) is 85.2 Å². The summed E-state index contributed by atoms with van der Waals surface area (Å²) in [6.45, 7) is 0.532. The molecule has 2 aliphatic heterocycles. The van der Waals surface area contributed by atoms with Crippen LogP contribution in [-0.2, 0) is 35.2 Å². The lowest BCUT2D eigenvalue weighted by Crippen LogP contribution is -2.53. The maximum Gasteiger partial charge on any atom is 0.410 e. The number of amides is 3. The van der Waals surface area contributed by atoms with Gasteiger partial charge in [-0.25, -0.2) is 4.79 Å². The third-order valence-electron chi connectivity index (χ3n) is 8.94. The summed E-state index contributed by atoms with van der Waals surface area (Å²) < 4.78 is 16.6. The van der Waals surface area contributed by atoms with Gasteiger partial charge >= 0.3 is 12.1 Å². The van der Waals surface area contributed by atoms with E-state index in [0.717, 1.165) is 27.8 Å².